The Hall–Kier alpha value is -0.850. The smallest absolute Gasteiger partial charge is 0.142 e. The molecule has 0 amide bonds. The minimum absolute atomic E-state index is 0.234. The van der Waals surface area contributed by atoms with Gasteiger partial charge in [0.2, 0.25) is 0 Å². The molecule has 0 aliphatic carbocycles. The number of aliphatic hydroxyl groups excluding tert-OH is 1. The highest BCUT2D eigenvalue weighted by Gasteiger charge is 2.12. The fraction of sp³-hybridized carbons (Fsp3) is 0.500. The van der Waals surface area contributed by atoms with E-state index in [0.29, 0.717) is 5.82 Å². The molecule has 0 atom stereocenters. The quantitative estimate of drug-likeness (QED) is 0.825. The Kier molecular flexibility index (Phi) is 4.42. The number of rotatable bonds is 5. The lowest BCUT2D eigenvalue weighted by Crippen LogP contribution is -1.99. The van der Waals surface area contributed by atoms with Crippen molar-refractivity contribution in [3.63, 3.8) is 0 Å². The van der Waals surface area contributed by atoms with Crippen molar-refractivity contribution in [1.29, 1.82) is 0 Å². The van der Waals surface area contributed by atoms with E-state index in [0.717, 1.165) is 34.0 Å². The highest BCUT2D eigenvalue weighted by atomic mass is 32.2. The monoisotopic (exact) mass is 283 g/mol. The van der Waals surface area contributed by atoms with Crippen LogP contribution in [0.2, 0.25) is 0 Å². The van der Waals surface area contributed by atoms with E-state index in [-0.39, 0.29) is 6.61 Å². The number of aromatic nitrogens is 2. The molecule has 0 fully saturated rings. The first-order chi connectivity index (χ1) is 8.63. The zero-order chi connectivity index (χ0) is 13.1. The van der Waals surface area contributed by atoms with Crippen LogP contribution in [0, 0.1) is 13.8 Å². The summed E-state index contributed by atoms with van der Waals surface area (Å²) in [6.45, 7) is 4.37. The van der Waals surface area contributed by atoms with Gasteiger partial charge >= 0.3 is 0 Å². The maximum Gasteiger partial charge on any atom is 0.142 e. The van der Waals surface area contributed by atoms with Crippen LogP contribution in [0.5, 0.6) is 0 Å². The first-order valence-electron chi connectivity index (χ1n) is 5.84. The predicted molar refractivity (Wildman–Crippen MR) is 79.2 cm³/mol. The normalized spacial score (nSPS) is 11.3. The summed E-state index contributed by atoms with van der Waals surface area (Å²) < 4.78 is 0. The number of anilines is 1. The van der Waals surface area contributed by atoms with E-state index >= 15 is 0 Å². The number of nitrogen functional groups attached to an aromatic ring is 1. The van der Waals surface area contributed by atoms with E-state index in [1.165, 1.54) is 10.4 Å². The SMILES string of the molecule is Cc1sc2nc(CSCCCO)nc(N)c2c1C. The second-order valence-electron chi connectivity index (χ2n) is 4.12. The molecular formula is C12H17N3OS2. The van der Waals surface area contributed by atoms with Gasteiger partial charge in [-0.3, -0.25) is 0 Å². The Morgan fingerprint density at radius 3 is 2.83 bits per heavy atom. The molecule has 18 heavy (non-hydrogen) atoms. The molecule has 0 spiro atoms. The fourth-order valence-corrected chi connectivity index (χ4v) is 3.57. The van der Waals surface area contributed by atoms with Crippen molar-refractivity contribution in [1.82, 2.24) is 9.97 Å². The maximum atomic E-state index is 8.72. The Bertz CT molecular complexity index is 554. The highest BCUT2D eigenvalue weighted by Crippen LogP contribution is 2.32. The number of nitrogens with zero attached hydrogens (tertiary/aromatic N) is 2. The lowest BCUT2D eigenvalue weighted by atomic mass is 10.2. The molecule has 0 unspecified atom stereocenters. The van der Waals surface area contributed by atoms with Crippen molar-refractivity contribution in [2.75, 3.05) is 18.1 Å². The van der Waals surface area contributed by atoms with Crippen LogP contribution >= 0.6 is 23.1 Å². The number of thiophene rings is 1. The molecule has 6 heteroatoms. The van der Waals surface area contributed by atoms with Crippen molar-refractivity contribution < 1.29 is 5.11 Å². The molecular weight excluding hydrogens is 266 g/mol. The van der Waals surface area contributed by atoms with Crippen molar-refractivity contribution in [2.24, 2.45) is 0 Å². The molecule has 2 aromatic rings. The molecule has 0 radical (unpaired) electrons. The first kappa shape index (κ1) is 13.6. The molecule has 2 rings (SSSR count). The lowest BCUT2D eigenvalue weighted by Gasteiger charge is -2.03. The third-order valence-corrected chi connectivity index (χ3v) is 4.92. The second-order valence-corrected chi connectivity index (χ2v) is 6.43. The summed E-state index contributed by atoms with van der Waals surface area (Å²) in [4.78, 5) is 11.2. The van der Waals surface area contributed by atoms with Gasteiger partial charge in [0, 0.05) is 11.5 Å². The number of aryl methyl sites for hydroxylation is 2. The summed E-state index contributed by atoms with van der Waals surface area (Å²) in [5.41, 5.74) is 7.19. The van der Waals surface area contributed by atoms with E-state index in [1.807, 2.05) is 0 Å². The molecule has 0 aliphatic rings. The predicted octanol–water partition coefficient (Wildman–Crippen LogP) is 2.51. The molecule has 2 heterocycles. The summed E-state index contributed by atoms with van der Waals surface area (Å²) in [5.74, 6) is 3.03. The largest absolute Gasteiger partial charge is 0.396 e. The van der Waals surface area contributed by atoms with Crippen molar-refractivity contribution in [3.8, 4) is 0 Å². The second kappa shape index (κ2) is 5.86. The van der Waals surface area contributed by atoms with Crippen LogP contribution in [0.15, 0.2) is 0 Å². The molecule has 0 aromatic carbocycles. The average molecular weight is 283 g/mol. The number of fused-ring (bicyclic) bond motifs is 1. The van der Waals surface area contributed by atoms with Crippen LogP contribution in [0.1, 0.15) is 22.7 Å². The summed E-state index contributed by atoms with van der Waals surface area (Å²) in [5, 5.41) is 9.72. The third kappa shape index (κ3) is 2.76. The third-order valence-electron chi connectivity index (χ3n) is 2.78. The molecule has 3 N–H and O–H groups in total. The number of thioether (sulfide) groups is 1. The number of nitrogens with two attached hydrogens (primary N) is 1. The summed E-state index contributed by atoms with van der Waals surface area (Å²) in [6, 6.07) is 0. The molecule has 0 bridgehead atoms. The van der Waals surface area contributed by atoms with Crippen LogP contribution in [-0.4, -0.2) is 27.4 Å². The van der Waals surface area contributed by atoms with E-state index in [4.69, 9.17) is 10.8 Å². The first-order valence-corrected chi connectivity index (χ1v) is 7.81. The van der Waals surface area contributed by atoms with Gasteiger partial charge in [-0.25, -0.2) is 9.97 Å². The topological polar surface area (TPSA) is 72.0 Å². The van der Waals surface area contributed by atoms with Gasteiger partial charge in [0.25, 0.3) is 0 Å². The molecule has 0 saturated heterocycles. The Morgan fingerprint density at radius 1 is 1.33 bits per heavy atom. The van der Waals surface area contributed by atoms with Gasteiger partial charge in [-0.2, -0.15) is 11.8 Å². The lowest BCUT2D eigenvalue weighted by molar-refractivity contribution is 0.296. The molecule has 2 aromatic heterocycles. The van der Waals surface area contributed by atoms with Crippen LogP contribution < -0.4 is 5.73 Å². The number of aliphatic hydroxyl groups is 1. The van der Waals surface area contributed by atoms with Crippen LogP contribution in [0.25, 0.3) is 10.2 Å². The molecule has 0 saturated carbocycles. The Labute approximate surface area is 115 Å². The maximum absolute atomic E-state index is 8.72. The molecule has 0 aliphatic heterocycles. The molecule has 4 nitrogen and oxygen atoms in total. The van der Waals surface area contributed by atoms with Gasteiger partial charge in [-0.05, 0) is 31.6 Å². The van der Waals surface area contributed by atoms with Crippen LogP contribution in [0.4, 0.5) is 5.82 Å². The van der Waals surface area contributed by atoms with Gasteiger partial charge in [0.05, 0.1) is 11.1 Å². The van der Waals surface area contributed by atoms with Crippen molar-refractivity contribution >= 4 is 39.1 Å². The minimum atomic E-state index is 0.234. The van der Waals surface area contributed by atoms with Crippen LogP contribution in [-0.2, 0) is 5.75 Å². The van der Waals surface area contributed by atoms with Gasteiger partial charge in [0.15, 0.2) is 0 Å². The van der Waals surface area contributed by atoms with E-state index in [9.17, 15) is 0 Å². The summed E-state index contributed by atoms with van der Waals surface area (Å²) in [7, 11) is 0. The standard InChI is InChI=1S/C12H17N3OS2/c1-7-8(2)18-12-10(7)11(13)14-9(15-12)6-17-5-3-4-16/h16H,3-6H2,1-2H3,(H2,13,14,15). The highest BCUT2D eigenvalue weighted by molar-refractivity contribution is 7.98. The van der Waals surface area contributed by atoms with Gasteiger partial charge in [-0.1, -0.05) is 0 Å². The van der Waals surface area contributed by atoms with Crippen molar-refractivity contribution in [2.45, 2.75) is 26.0 Å². The van der Waals surface area contributed by atoms with Gasteiger partial charge in [-0.15, -0.1) is 11.3 Å². The zero-order valence-corrected chi connectivity index (χ0v) is 12.2. The minimum Gasteiger partial charge on any atom is -0.396 e. The number of hydrogen-bond donors (Lipinski definition) is 2. The average Bonchev–Trinajstić information content (AvgIpc) is 2.61. The molecule has 98 valence electrons. The summed E-state index contributed by atoms with van der Waals surface area (Å²) in [6.07, 6.45) is 0.805. The number of hydrogen-bond acceptors (Lipinski definition) is 6. The summed E-state index contributed by atoms with van der Waals surface area (Å²) >= 11 is 3.39. The van der Waals surface area contributed by atoms with Gasteiger partial charge < -0.3 is 10.8 Å². The van der Waals surface area contributed by atoms with E-state index < -0.39 is 0 Å². The van der Waals surface area contributed by atoms with E-state index in [2.05, 4.69) is 23.8 Å². The van der Waals surface area contributed by atoms with Crippen molar-refractivity contribution in [3.05, 3.63) is 16.3 Å². The van der Waals surface area contributed by atoms with Gasteiger partial charge in [0.1, 0.15) is 16.5 Å². The van der Waals surface area contributed by atoms with E-state index in [1.54, 1.807) is 23.1 Å². The zero-order valence-electron chi connectivity index (χ0n) is 10.6. The van der Waals surface area contributed by atoms with Crippen LogP contribution in [0.3, 0.4) is 0 Å². The Balaban J connectivity index is 2.21. The fourth-order valence-electron chi connectivity index (χ4n) is 1.72. The Morgan fingerprint density at radius 2 is 2.11 bits per heavy atom.